The third kappa shape index (κ3) is 4.91. The first-order valence-electron chi connectivity index (χ1n) is 8.76. The highest BCUT2D eigenvalue weighted by Gasteiger charge is 2.22. The number of nitrogens with one attached hydrogen (secondary N) is 1. The van der Waals surface area contributed by atoms with E-state index in [1.54, 1.807) is 0 Å². The summed E-state index contributed by atoms with van der Waals surface area (Å²) in [7, 11) is 0. The summed E-state index contributed by atoms with van der Waals surface area (Å²) in [5.41, 5.74) is 1.95. The molecule has 0 aliphatic carbocycles. The van der Waals surface area contributed by atoms with Crippen molar-refractivity contribution in [3.05, 3.63) is 53.1 Å². The highest BCUT2D eigenvalue weighted by molar-refractivity contribution is 8.00. The first-order chi connectivity index (χ1) is 13.0. The standard InChI is InChI=1S/C20H21F2NO3S/c1-3-25-18-7-13-6-12(2)26-19(13)8-14(18)10-23-20(24)11-27-15-4-5-16(21)17(22)9-15/h4-5,7-9,12H,3,6,10-11H2,1-2H3,(H,23,24)/t12-/m1/s1. The van der Waals surface area contributed by atoms with Crippen LogP contribution >= 0.6 is 11.8 Å². The topological polar surface area (TPSA) is 47.6 Å². The van der Waals surface area contributed by atoms with Crippen molar-refractivity contribution in [2.24, 2.45) is 0 Å². The molecule has 0 aromatic heterocycles. The SMILES string of the molecule is CCOc1cc2c(cc1CNC(=O)CSc1ccc(F)c(F)c1)O[C@H](C)C2. The quantitative estimate of drug-likeness (QED) is 0.720. The highest BCUT2D eigenvalue weighted by Crippen LogP contribution is 2.35. The first-order valence-corrected chi connectivity index (χ1v) is 9.74. The average molecular weight is 393 g/mol. The van der Waals surface area contributed by atoms with Crippen LogP contribution in [-0.4, -0.2) is 24.4 Å². The minimum absolute atomic E-state index is 0.105. The molecule has 1 atom stereocenters. The van der Waals surface area contributed by atoms with Gasteiger partial charge in [-0.25, -0.2) is 8.78 Å². The number of ether oxygens (including phenoxy) is 2. The molecule has 2 aromatic carbocycles. The molecule has 1 aliphatic rings. The van der Waals surface area contributed by atoms with Crippen molar-refractivity contribution in [1.82, 2.24) is 5.32 Å². The van der Waals surface area contributed by atoms with Gasteiger partial charge in [0.05, 0.1) is 12.4 Å². The molecule has 0 saturated carbocycles. The van der Waals surface area contributed by atoms with Crippen LogP contribution in [0, 0.1) is 11.6 Å². The fourth-order valence-electron chi connectivity index (χ4n) is 2.87. The van der Waals surface area contributed by atoms with Gasteiger partial charge >= 0.3 is 0 Å². The van der Waals surface area contributed by atoms with Crippen LogP contribution in [0.1, 0.15) is 25.0 Å². The summed E-state index contributed by atoms with van der Waals surface area (Å²) in [4.78, 5) is 12.6. The Morgan fingerprint density at radius 3 is 2.85 bits per heavy atom. The molecule has 0 radical (unpaired) electrons. The normalized spacial score (nSPS) is 15.2. The molecule has 144 valence electrons. The van der Waals surface area contributed by atoms with E-state index in [-0.39, 0.29) is 17.8 Å². The molecule has 27 heavy (non-hydrogen) atoms. The molecule has 0 spiro atoms. The molecule has 2 aromatic rings. The number of thioether (sulfide) groups is 1. The van der Waals surface area contributed by atoms with Gasteiger partial charge in [-0.3, -0.25) is 4.79 Å². The maximum Gasteiger partial charge on any atom is 0.230 e. The second kappa shape index (κ2) is 8.61. The summed E-state index contributed by atoms with van der Waals surface area (Å²) in [5.74, 6) is -0.363. The summed E-state index contributed by atoms with van der Waals surface area (Å²) in [6.07, 6.45) is 0.972. The molecule has 0 fully saturated rings. The second-order valence-corrected chi connectivity index (χ2v) is 7.32. The predicted molar refractivity (Wildman–Crippen MR) is 100 cm³/mol. The number of carbonyl (C=O) groups excluding carboxylic acids is 1. The molecule has 1 amide bonds. The molecule has 4 nitrogen and oxygen atoms in total. The van der Waals surface area contributed by atoms with Crippen molar-refractivity contribution < 1.29 is 23.0 Å². The van der Waals surface area contributed by atoms with Crippen molar-refractivity contribution in [2.45, 2.75) is 37.8 Å². The zero-order valence-corrected chi connectivity index (χ0v) is 16.0. The van der Waals surface area contributed by atoms with E-state index >= 15 is 0 Å². The Labute approximate surface area is 161 Å². The molecule has 3 rings (SSSR count). The number of halogens is 2. The van der Waals surface area contributed by atoms with E-state index < -0.39 is 11.6 Å². The summed E-state index contributed by atoms with van der Waals surface area (Å²) < 4.78 is 37.6. The van der Waals surface area contributed by atoms with Crippen LogP contribution in [0.15, 0.2) is 35.2 Å². The third-order valence-electron chi connectivity index (χ3n) is 4.12. The maximum atomic E-state index is 13.2. The summed E-state index contributed by atoms with van der Waals surface area (Å²) >= 11 is 1.15. The van der Waals surface area contributed by atoms with E-state index in [4.69, 9.17) is 9.47 Å². The molecule has 0 unspecified atom stereocenters. The van der Waals surface area contributed by atoms with Crippen LogP contribution in [0.2, 0.25) is 0 Å². The molecule has 7 heteroatoms. The van der Waals surface area contributed by atoms with Gasteiger partial charge in [-0.1, -0.05) is 0 Å². The Morgan fingerprint density at radius 1 is 1.30 bits per heavy atom. The van der Waals surface area contributed by atoms with Crippen LogP contribution in [0.4, 0.5) is 8.78 Å². The van der Waals surface area contributed by atoms with E-state index in [9.17, 15) is 13.6 Å². The number of rotatable bonds is 7. The maximum absolute atomic E-state index is 13.2. The molecular weight excluding hydrogens is 372 g/mol. The number of carbonyl (C=O) groups is 1. The van der Waals surface area contributed by atoms with Crippen molar-refractivity contribution in [1.29, 1.82) is 0 Å². The van der Waals surface area contributed by atoms with Crippen molar-refractivity contribution in [3.63, 3.8) is 0 Å². The van der Waals surface area contributed by atoms with Crippen LogP contribution in [0.5, 0.6) is 11.5 Å². The van der Waals surface area contributed by atoms with Gasteiger partial charge in [0.1, 0.15) is 17.6 Å². The lowest BCUT2D eigenvalue weighted by Crippen LogP contribution is -2.25. The van der Waals surface area contributed by atoms with E-state index in [0.29, 0.717) is 18.0 Å². The zero-order chi connectivity index (χ0) is 19.4. The number of hydrogen-bond donors (Lipinski definition) is 1. The molecule has 0 bridgehead atoms. The smallest absolute Gasteiger partial charge is 0.230 e. The average Bonchev–Trinajstić information content (AvgIpc) is 3.00. The lowest BCUT2D eigenvalue weighted by Gasteiger charge is -2.13. The molecular formula is C20H21F2NO3S. The van der Waals surface area contributed by atoms with Gasteiger partial charge in [-0.2, -0.15) is 0 Å². The molecule has 1 N–H and O–H groups in total. The Hall–Kier alpha value is -2.28. The van der Waals surface area contributed by atoms with Crippen LogP contribution in [-0.2, 0) is 17.8 Å². The molecule has 0 saturated heterocycles. The first kappa shape index (κ1) is 19.5. The van der Waals surface area contributed by atoms with Gasteiger partial charge in [-0.15, -0.1) is 11.8 Å². The van der Waals surface area contributed by atoms with Crippen molar-refractivity contribution in [3.8, 4) is 11.5 Å². The monoisotopic (exact) mass is 393 g/mol. The number of amides is 1. The summed E-state index contributed by atoms with van der Waals surface area (Å²) in [6.45, 7) is 4.75. The minimum atomic E-state index is -0.922. The van der Waals surface area contributed by atoms with Crippen LogP contribution < -0.4 is 14.8 Å². The fourth-order valence-corrected chi connectivity index (χ4v) is 3.62. The summed E-state index contributed by atoms with van der Waals surface area (Å²) in [6, 6.07) is 7.46. The van der Waals surface area contributed by atoms with Crippen LogP contribution in [0.3, 0.4) is 0 Å². The van der Waals surface area contributed by atoms with E-state index in [1.165, 1.54) is 6.07 Å². The number of fused-ring (bicyclic) bond motifs is 1. The van der Waals surface area contributed by atoms with Gasteiger partial charge in [0, 0.05) is 29.0 Å². The van der Waals surface area contributed by atoms with E-state index in [0.717, 1.165) is 52.9 Å². The minimum Gasteiger partial charge on any atom is -0.494 e. The molecule has 1 aliphatic heterocycles. The van der Waals surface area contributed by atoms with Crippen LogP contribution in [0.25, 0.3) is 0 Å². The van der Waals surface area contributed by atoms with Gasteiger partial charge in [0.2, 0.25) is 5.91 Å². The second-order valence-electron chi connectivity index (χ2n) is 6.27. The Bertz CT molecular complexity index is 844. The van der Waals surface area contributed by atoms with E-state index in [1.807, 2.05) is 26.0 Å². The predicted octanol–water partition coefficient (Wildman–Crippen LogP) is 4.10. The van der Waals surface area contributed by atoms with Gasteiger partial charge < -0.3 is 14.8 Å². The van der Waals surface area contributed by atoms with Crippen molar-refractivity contribution >= 4 is 17.7 Å². The largest absolute Gasteiger partial charge is 0.494 e. The summed E-state index contributed by atoms with van der Waals surface area (Å²) in [5, 5.41) is 2.83. The lowest BCUT2D eigenvalue weighted by molar-refractivity contribution is -0.118. The van der Waals surface area contributed by atoms with Gasteiger partial charge in [-0.05, 0) is 44.2 Å². The van der Waals surface area contributed by atoms with Crippen molar-refractivity contribution in [2.75, 3.05) is 12.4 Å². The molecule has 1 heterocycles. The Balaban J connectivity index is 1.59. The Kier molecular flexibility index (Phi) is 6.21. The highest BCUT2D eigenvalue weighted by atomic mass is 32.2. The third-order valence-corrected chi connectivity index (χ3v) is 5.11. The Morgan fingerprint density at radius 2 is 2.11 bits per heavy atom. The number of hydrogen-bond acceptors (Lipinski definition) is 4. The van der Waals surface area contributed by atoms with E-state index in [2.05, 4.69) is 5.32 Å². The fraction of sp³-hybridized carbons (Fsp3) is 0.350. The van der Waals surface area contributed by atoms with Gasteiger partial charge in [0.15, 0.2) is 11.6 Å². The van der Waals surface area contributed by atoms with Gasteiger partial charge in [0.25, 0.3) is 0 Å². The zero-order valence-electron chi connectivity index (χ0n) is 15.2. The lowest BCUT2D eigenvalue weighted by atomic mass is 10.1. The number of benzene rings is 2.